The summed E-state index contributed by atoms with van der Waals surface area (Å²) in [7, 11) is 1.76. The van der Waals surface area contributed by atoms with Crippen LogP contribution in [0.5, 0.6) is 0 Å². The summed E-state index contributed by atoms with van der Waals surface area (Å²) in [6.07, 6.45) is 1.43. The molecule has 0 aliphatic heterocycles. The van der Waals surface area contributed by atoms with Crippen molar-refractivity contribution in [1.29, 1.82) is 0 Å². The summed E-state index contributed by atoms with van der Waals surface area (Å²) in [5, 5.41) is 0.301. The summed E-state index contributed by atoms with van der Waals surface area (Å²) in [6.45, 7) is 6.20. The number of aromatic nitrogens is 1. The lowest BCUT2D eigenvalue weighted by molar-refractivity contribution is 0.617. The van der Waals surface area contributed by atoms with Gasteiger partial charge >= 0.3 is 0 Å². The van der Waals surface area contributed by atoms with Crippen LogP contribution in [-0.2, 0) is 0 Å². The highest BCUT2D eigenvalue weighted by Crippen LogP contribution is 2.18. The second-order valence-corrected chi connectivity index (χ2v) is 3.71. The van der Waals surface area contributed by atoms with E-state index in [0.717, 1.165) is 5.57 Å². The van der Waals surface area contributed by atoms with Crippen LogP contribution < -0.4 is 4.90 Å². The number of halogens is 2. The van der Waals surface area contributed by atoms with Crippen molar-refractivity contribution in [2.45, 2.75) is 6.92 Å². The summed E-state index contributed by atoms with van der Waals surface area (Å²) in [5.74, 6) is -0.126. The Balaban J connectivity index is 2.90. The molecule has 1 aromatic rings. The van der Waals surface area contributed by atoms with E-state index >= 15 is 0 Å². The Kier molecular flexibility index (Phi) is 3.47. The number of pyridine rings is 1. The smallest absolute Gasteiger partial charge is 0.167 e. The summed E-state index contributed by atoms with van der Waals surface area (Å²) < 4.78 is 13.3. The van der Waals surface area contributed by atoms with E-state index in [-0.39, 0.29) is 5.82 Å². The maximum Gasteiger partial charge on any atom is 0.167 e. The van der Waals surface area contributed by atoms with Crippen LogP contribution in [0.15, 0.2) is 24.4 Å². The Labute approximate surface area is 88.0 Å². The molecule has 0 aliphatic rings. The molecular formula is C10H12ClFN2. The van der Waals surface area contributed by atoms with Gasteiger partial charge in [0, 0.05) is 19.8 Å². The van der Waals surface area contributed by atoms with Gasteiger partial charge in [0.25, 0.3) is 0 Å². The maximum atomic E-state index is 13.3. The van der Waals surface area contributed by atoms with E-state index in [9.17, 15) is 4.39 Å². The molecular weight excluding hydrogens is 203 g/mol. The molecule has 0 N–H and O–H groups in total. The molecule has 1 heterocycles. The third-order valence-electron chi connectivity index (χ3n) is 1.66. The number of hydrogen-bond donors (Lipinski definition) is 0. The van der Waals surface area contributed by atoms with Crippen LogP contribution in [0.3, 0.4) is 0 Å². The molecule has 0 fully saturated rings. The second-order valence-electron chi connectivity index (χ2n) is 3.27. The summed E-state index contributed by atoms with van der Waals surface area (Å²) >= 11 is 5.59. The molecule has 0 amide bonds. The zero-order valence-corrected chi connectivity index (χ0v) is 8.98. The fourth-order valence-corrected chi connectivity index (χ4v) is 1.31. The molecule has 4 heteroatoms. The minimum Gasteiger partial charge on any atom is -0.353 e. The highest BCUT2D eigenvalue weighted by atomic mass is 35.5. The van der Waals surface area contributed by atoms with Crippen molar-refractivity contribution in [1.82, 2.24) is 4.98 Å². The van der Waals surface area contributed by atoms with Gasteiger partial charge in [0.15, 0.2) is 11.6 Å². The van der Waals surface area contributed by atoms with Gasteiger partial charge in [-0.2, -0.15) is 0 Å². The normalized spacial score (nSPS) is 10.0. The topological polar surface area (TPSA) is 16.1 Å². The van der Waals surface area contributed by atoms with Gasteiger partial charge in [-0.1, -0.05) is 23.8 Å². The Hall–Kier alpha value is -1.09. The summed E-state index contributed by atoms with van der Waals surface area (Å²) in [5.41, 5.74) is 0.948. The van der Waals surface area contributed by atoms with Gasteiger partial charge in [0.05, 0.1) is 5.02 Å². The van der Waals surface area contributed by atoms with Gasteiger partial charge in [-0.25, -0.2) is 9.37 Å². The van der Waals surface area contributed by atoms with Gasteiger partial charge in [0.2, 0.25) is 0 Å². The lowest BCUT2D eigenvalue weighted by atomic mass is 10.3. The van der Waals surface area contributed by atoms with Gasteiger partial charge in [-0.05, 0) is 13.0 Å². The van der Waals surface area contributed by atoms with Gasteiger partial charge in [-0.15, -0.1) is 0 Å². The van der Waals surface area contributed by atoms with Crippen LogP contribution in [0.4, 0.5) is 10.2 Å². The van der Waals surface area contributed by atoms with Crippen molar-refractivity contribution >= 4 is 17.4 Å². The average molecular weight is 215 g/mol. The van der Waals surface area contributed by atoms with E-state index in [2.05, 4.69) is 11.6 Å². The van der Waals surface area contributed by atoms with Crippen molar-refractivity contribution < 1.29 is 4.39 Å². The Morgan fingerprint density at radius 2 is 2.36 bits per heavy atom. The summed E-state index contributed by atoms with van der Waals surface area (Å²) in [6, 6.07) is 1.25. The fraction of sp³-hybridized carbons (Fsp3) is 0.300. The van der Waals surface area contributed by atoms with Crippen LogP contribution in [0.2, 0.25) is 5.02 Å². The van der Waals surface area contributed by atoms with Crippen molar-refractivity contribution in [3.8, 4) is 0 Å². The van der Waals surface area contributed by atoms with Crippen LogP contribution in [0, 0.1) is 5.82 Å². The first-order chi connectivity index (χ1) is 6.50. The van der Waals surface area contributed by atoms with Gasteiger partial charge in [-0.3, -0.25) is 0 Å². The molecule has 0 saturated heterocycles. The van der Waals surface area contributed by atoms with Crippen LogP contribution in [-0.4, -0.2) is 18.6 Å². The third kappa shape index (κ3) is 2.70. The SMILES string of the molecule is C=C(C)CN(C)c1ncc(Cl)cc1F. The fourth-order valence-electron chi connectivity index (χ4n) is 1.17. The number of rotatable bonds is 3. The molecule has 1 aromatic heterocycles. The van der Waals surface area contributed by atoms with Crippen LogP contribution in [0.1, 0.15) is 6.92 Å². The lowest BCUT2D eigenvalue weighted by Gasteiger charge is -2.18. The highest BCUT2D eigenvalue weighted by molar-refractivity contribution is 6.30. The molecule has 0 saturated carbocycles. The molecule has 76 valence electrons. The van der Waals surface area contributed by atoms with Crippen LogP contribution >= 0.6 is 11.6 Å². The molecule has 0 spiro atoms. The standard InChI is InChI=1S/C10H12ClFN2/c1-7(2)6-14(3)10-9(12)4-8(11)5-13-10/h4-5H,1,6H2,2-3H3. The van der Waals surface area contributed by atoms with E-state index in [1.165, 1.54) is 12.3 Å². The first-order valence-electron chi connectivity index (χ1n) is 4.17. The first-order valence-corrected chi connectivity index (χ1v) is 4.55. The maximum absolute atomic E-state index is 13.3. The number of hydrogen-bond acceptors (Lipinski definition) is 2. The zero-order valence-electron chi connectivity index (χ0n) is 8.22. The van der Waals surface area contributed by atoms with Crippen molar-refractivity contribution in [3.63, 3.8) is 0 Å². The predicted molar refractivity (Wildman–Crippen MR) is 57.3 cm³/mol. The first kappa shape index (κ1) is 11.0. The molecule has 0 atom stereocenters. The van der Waals surface area contributed by atoms with E-state index < -0.39 is 5.82 Å². The van der Waals surface area contributed by atoms with Gasteiger partial charge in [0.1, 0.15) is 0 Å². The quantitative estimate of drug-likeness (QED) is 0.720. The van der Waals surface area contributed by atoms with Crippen molar-refractivity contribution in [2.24, 2.45) is 0 Å². The van der Waals surface area contributed by atoms with Crippen LogP contribution in [0.25, 0.3) is 0 Å². The Morgan fingerprint density at radius 3 is 2.86 bits per heavy atom. The molecule has 0 radical (unpaired) electrons. The Morgan fingerprint density at radius 1 is 1.71 bits per heavy atom. The van der Waals surface area contributed by atoms with E-state index in [1.807, 2.05) is 6.92 Å². The Bertz CT molecular complexity index is 352. The van der Waals surface area contributed by atoms with Crippen molar-refractivity contribution in [3.05, 3.63) is 35.3 Å². The second kappa shape index (κ2) is 4.42. The zero-order chi connectivity index (χ0) is 10.7. The van der Waals surface area contributed by atoms with E-state index in [4.69, 9.17) is 11.6 Å². The predicted octanol–water partition coefficient (Wildman–Crippen LogP) is 2.89. The van der Waals surface area contributed by atoms with Gasteiger partial charge < -0.3 is 4.90 Å². The minimum atomic E-state index is -0.416. The molecule has 0 unspecified atom stereocenters. The number of anilines is 1. The minimum absolute atomic E-state index is 0.289. The van der Waals surface area contributed by atoms with E-state index in [1.54, 1.807) is 11.9 Å². The molecule has 0 aromatic carbocycles. The monoisotopic (exact) mass is 214 g/mol. The van der Waals surface area contributed by atoms with E-state index in [0.29, 0.717) is 11.6 Å². The summed E-state index contributed by atoms with van der Waals surface area (Å²) in [4.78, 5) is 5.60. The molecule has 1 rings (SSSR count). The average Bonchev–Trinajstić information content (AvgIpc) is 2.01. The molecule has 2 nitrogen and oxygen atoms in total. The third-order valence-corrected chi connectivity index (χ3v) is 1.86. The number of nitrogens with zero attached hydrogens (tertiary/aromatic N) is 2. The lowest BCUT2D eigenvalue weighted by Crippen LogP contribution is -2.21. The van der Waals surface area contributed by atoms with Crippen molar-refractivity contribution in [2.75, 3.05) is 18.5 Å². The molecule has 14 heavy (non-hydrogen) atoms. The highest BCUT2D eigenvalue weighted by Gasteiger charge is 2.09. The molecule has 0 bridgehead atoms. The largest absolute Gasteiger partial charge is 0.353 e. The molecule has 0 aliphatic carbocycles. The number of likely N-dealkylation sites (N-methyl/N-ethyl adjacent to an activating group) is 1.